The topological polar surface area (TPSA) is 49.3 Å². The van der Waals surface area contributed by atoms with Gasteiger partial charge in [0.15, 0.2) is 0 Å². The standard InChI is InChI=1S/C20H26N4O/c1-4-24(17-7-5-6-16(3)12-17)20(25)18-13-22-19(14-21-18)23-10-8-15(2)9-11-23/h5-7,12-15H,4,8-11H2,1-3H3. The second-order valence-electron chi connectivity index (χ2n) is 6.82. The van der Waals surface area contributed by atoms with E-state index < -0.39 is 0 Å². The third-order valence-electron chi connectivity index (χ3n) is 4.84. The van der Waals surface area contributed by atoms with E-state index in [1.807, 2.05) is 38.1 Å². The summed E-state index contributed by atoms with van der Waals surface area (Å²) in [6.07, 6.45) is 5.69. The van der Waals surface area contributed by atoms with Crippen LogP contribution >= 0.6 is 0 Å². The number of aryl methyl sites for hydroxylation is 1. The van der Waals surface area contributed by atoms with Crippen molar-refractivity contribution in [3.05, 3.63) is 47.9 Å². The molecule has 3 rings (SSSR count). The molecule has 1 saturated heterocycles. The number of rotatable bonds is 4. The summed E-state index contributed by atoms with van der Waals surface area (Å²) in [5.41, 5.74) is 2.41. The first-order valence-electron chi connectivity index (χ1n) is 9.04. The fraction of sp³-hybridized carbons (Fsp3) is 0.450. The molecule has 0 saturated carbocycles. The largest absolute Gasteiger partial charge is 0.355 e. The zero-order valence-electron chi connectivity index (χ0n) is 15.3. The van der Waals surface area contributed by atoms with Crippen molar-refractivity contribution in [2.45, 2.75) is 33.6 Å². The van der Waals surface area contributed by atoms with Crippen molar-refractivity contribution in [2.75, 3.05) is 29.4 Å². The van der Waals surface area contributed by atoms with Gasteiger partial charge in [0.2, 0.25) is 0 Å². The molecule has 1 aromatic heterocycles. The summed E-state index contributed by atoms with van der Waals surface area (Å²) in [6.45, 7) is 8.89. The molecule has 2 heterocycles. The third-order valence-corrected chi connectivity index (χ3v) is 4.84. The van der Waals surface area contributed by atoms with Crippen molar-refractivity contribution >= 4 is 17.4 Å². The van der Waals surface area contributed by atoms with Gasteiger partial charge in [-0.15, -0.1) is 0 Å². The van der Waals surface area contributed by atoms with E-state index in [0.717, 1.165) is 36.1 Å². The minimum atomic E-state index is -0.112. The summed E-state index contributed by atoms with van der Waals surface area (Å²) in [6, 6.07) is 7.95. The van der Waals surface area contributed by atoms with Crippen molar-refractivity contribution in [3.8, 4) is 0 Å². The van der Waals surface area contributed by atoms with Crippen LogP contribution in [0, 0.1) is 12.8 Å². The summed E-state index contributed by atoms with van der Waals surface area (Å²) in [5, 5.41) is 0. The first-order chi connectivity index (χ1) is 12.1. The fourth-order valence-corrected chi connectivity index (χ4v) is 3.21. The van der Waals surface area contributed by atoms with Crippen LogP contribution in [-0.2, 0) is 0 Å². The van der Waals surface area contributed by atoms with E-state index in [1.54, 1.807) is 17.3 Å². The maximum Gasteiger partial charge on any atom is 0.278 e. The Hall–Kier alpha value is -2.43. The first-order valence-corrected chi connectivity index (χ1v) is 9.04. The van der Waals surface area contributed by atoms with Gasteiger partial charge in [0.25, 0.3) is 5.91 Å². The van der Waals surface area contributed by atoms with Gasteiger partial charge in [-0.3, -0.25) is 4.79 Å². The molecule has 25 heavy (non-hydrogen) atoms. The van der Waals surface area contributed by atoms with Gasteiger partial charge >= 0.3 is 0 Å². The lowest BCUT2D eigenvalue weighted by atomic mass is 9.99. The van der Waals surface area contributed by atoms with E-state index in [0.29, 0.717) is 12.2 Å². The smallest absolute Gasteiger partial charge is 0.278 e. The highest BCUT2D eigenvalue weighted by Gasteiger charge is 2.20. The molecule has 1 fully saturated rings. The average Bonchev–Trinajstić information content (AvgIpc) is 2.63. The van der Waals surface area contributed by atoms with Crippen molar-refractivity contribution in [3.63, 3.8) is 0 Å². The van der Waals surface area contributed by atoms with Gasteiger partial charge in [0.1, 0.15) is 11.5 Å². The van der Waals surface area contributed by atoms with E-state index in [1.165, 1.54) is 12.8 Å². The van der Waals surface area contributed by atoms with Crippen LogP contribution in [0.2, 0.25) is 0 Å². The van der Waals surface area contributed by atoms with E-state index in [9.17, 15) is 4.79 Å². The van der Waals surface area contributed by atoms with E-state index in [2.05, 4.69) is 21.8 Å². The lowest BCUT2D eigenvalue weighted by Gasteiger charge is -2.31. The number of aromatic nitrogens is 2. The van der Waals surface area contributed by atoms with Gasteiger partial charge in [0.05, 0.1) is 12.4 Å². The van der Waals surface area contributed by atoms with Crippen LogP contribution in [0.3, 0.4) is 0 Å². The minimum absolute atomic E-state index is 0.112. The molecule has 0 spiro atoms. The number of carbonyl (C=O) groups is 1. The van der Waals surface area contributed by atoms with Crippen molar-refractivity contribution in [1.29, 1.82) is 0 Å². The Bertz CT molecular complexity index is 721. The number of amides is 1. The Morgan fingerprint density at radius 1 is 1.24 bits per heavy atom. The van der Waals surface area contributed by atoms with Crippen LogP contribution < -0.4 is 9.80 Å². The summed E-state index contributed by atoms with van der Waals surface area (Å²) in [5.74, 6) is 1.53. The molecule has 5 heteroatoms. The molecule has 2 aromatic rings. The number of piperidine rings is 1. The van der Waals surface area contributed by atoms with E-state index in [-0.39, 0.29) is 5.91 Å². The molecule has 0 radical (unpaired) electrons. The third kappa shape index (κ3) is 3.98. The molecule has 132 valence electrons. The highest BCUT2D eigenvalue weighted by atomic mass is 16.2. The predicted molar refractivity (Wildman–Crippen MR) is 101 cm³/mol. The molecule has 0 N–H and O–H groups in total. The van der Waals surface area contributed by atoms with Crippen molar-refractivity contribution in [1.82, 2.24) is 9.97 Å². The van der Waals surface area contributed by atoms with Gasteiger partial charge in [-0.25, -0.2) is 9.97 Å². The van der Waals surface area contributed by atoms with Crippen LogP contribution in [0.1, 0.15) is 42.7 Å². The van der Waals surface area contributed by atoms with Gasteiger partial charge in [-0.1, -0.05) is 19.1 Å². The Morgan fingerprint density at radius 2 is 2.00 bits per heavy atom. The Balaban J connectivity index is 1.75. The van der Waals surface area contributed by atoms with Gasteiger partial charge in [-0.2, -0.15) is 0 Å². The average molecular weight is 338 g/mol. The Kier molecular flexibility index (Phi) is 5.31. The second-order valence-corrected chi connectivity index (χ2v) is 6.82. The molecular formula is C20H26N4O. The van der Waals surface area contributed by atoms with Crippen LogP contribution in [-0.4, -0.2) is 35.5 Å². The molecule has 5 nitrogen and oxygen atoms in total. The van der Waals surface area contributed by atoms with Crippen molar-refractivity contribution in [2.24, 2.45) is 5.92 Å². The summed E-state index contributed by atoms with van der Waals surface area (Å²) in [7, 11) is 0. The molecule has 1 amide bonds. The highest BCUT2D eigenvalue weighted by Crippen LogP contribution is 2.21. The predicted octanol–water partition coefficient (Wildman–Crippen LogP) is 3.69. The normalized spacial score (nSPS) is 15.2. The highest BCUT2D eigenvalue weighted by molar-refractivity contribution is 6.04. The van der Waals surface area contributed by atoms with Gasteiger partial charge < -0.3 is 9.80 Å². The van der Waals surface area contributed by atoms with E-state index >= 15 is 0 Å². The molecule has 0 unspecified atom stereocenters. The minimum Gasteiger partial charge on any atom is -0.355 e. The SMILES string of the molecule is CCN(C(=O)c1cnc(N2CCC(C)CC2)cn1)c1cccc(C)c1. The van der Waals surface area contributed by atoms with Gasteiger partial charge in [0, 0.05) is 25.3 Å². The maximum atomic E-state index is 12.8. The lowest BCUT2D eigenvalue weighted by Crippen LogP contribution is -2.34. The Labute approximate surface area is 149 Å². The van der Waals surface area contributed by atoms with Crippen LogP contribution in [0.5, 0.6) is 0 Å². The fourth-order valence-electron chi connectivity index (χ4n) is 3.21. The van der Waals surface area contributed by atoms with Crippen molar-refractivity contribution < 1.29 is 4.79 Å². The lowest BCUT2D eigenvalue weighted by molar-refractivity contribution is 0.0983. The number of nitrogens with zero attached hydrogens (tertiary/aromatic N) is 4. The van der Waals surface area contributed by atoms with Crippen LogP contribution in [0.25, 0.3) is 0 Å². The zero-order valence-corrected chi connectivity index (χ0v) is 15.3. The molecule has 0 aliphatic carbocycles. The number of hydrogen-bond acceptors (Lipinski definition) is 4. The quantitative estimate of drug-likeness (QED) is 0.853. The monoisotopic (exact) mass is 338 g/mol. The maximum absolute atomic E-state index is 12.8. The first kappa shape index (κ1) is 17.4. The summed E-state index contributed by atoms with van der Waals surface area (Å²) in [4.78, 5) is 25.7. The second kappa shape index (κ2) is 7.64. The number of anilines is 2. The van der Waals surface area contributed by atoms with Gasteiger partial charge in [-0.05, 0) is 50.3 Å². The molecule has 1 aromatic carbocycles. The molecular weight excluding hydrogens is 312 g/mol. The van der Waals surface area contributed by atoms with Crippen LogP contribution in [0.15, 0.2) is 36.7 Å². The zero-order chi connectivity index (χ0) is 17.8. The van der Waals surface area contributed by atoms with E-state index in [4.69, 9.17) is 0 Å². The number of hydrogen-bond donors (Lipinski definition) is 0. The molecule has 0 bridgehead atoms. The Morgan fingerprint density at radius 3 is 2.60 bits per heavy atom. The molecule has 1 aliphatic heterocycles. The number of benzene rings is 1. The number of carbonyl (C=O) groups excluding carboxylic acids is 1. The molecule has 1 aliphatic rings. The van der Waals surface area contributed by atoms with Crippen LogP contribution in [0.4, 0.5) is 11.5 Å². The molecule has 0 atom stereocenters. The summed E-state index contributed by atoms with van der Waals surface area (Å²) < 4.78 is 0. The summed E-state index contributed by atoms with van der Waals surface area (Å²) >= 11 is 0.